The van der Waals surface area contributed by atoms with Gasteiger partial charge in [0.2, 0.25) is 0 Å². The summed E-state index contributed by atoms with van der Waals surface area (Å²) in [7, 11) is 0. The molecular formula is C17H19NO. The Balaban J connectivity index is 1.62. The summed E-state index contributed by atoms with van der Waals surface area (Å²) in [5.74, 6) is 1.80. The Hall–Kier alpha value is -1.96. The molecule has 1 saturated carbocycles. The van der Waals surface area contributed by atoms with Crippen LogP contribution in [0.4, 0.5) is 5.69 Å². The largest absolute Gasteiger partial charge is 0.487 e. The van der Waals surface area contributed by atoms with E-state index >= 15 is 0 Å². The molecule has 3 rings (SSSR count). The fraction of sp³-hybridized carbons (Fsp3) is 0.294. The fourth-order valence-electron chi connectivity index (χ4n) is 2.05. The van der Waals surface area contributed by atoms with E-state index in [0.717, 1.165) is 23.9 Å². The summed E-state index contributed by atoms with van der Waals surface area (Å²) in [5.41, 5.74) is 2.30. The van der Waals surface area contributed by atoms with Gasteiger partial charge in [0.25, 0.3) is 0 Å². The van der Waals surface area contributed by atoms with Crippen LogP contribution in [0.25, 0.3) is 0 Å². The summed E-state index contributed by atoms with van der Waals surface area (Å²) >= 11 is 0. The van der Waals surface area contributed by atoms with E-state index in [2.05, 4.69) is 23.5 Å². The number of benzene rings is 2. The van der Waals surface area contributed by atoms with Gasteiger partial charge in [-0.1, -0.05) is 42.5 Å². The zero-order chi connectivity index (χ0) is 12.9. The topological polar surface area (TPSA) is 21.3 Å². The van der Waals surface area contributed by atoms with E-state index in [9.17, 15) is 0 Å². The average Bonchev–Trinajstić information content (AvgIpc) is 3.29. The van der Waals surface area contributed by atoms with Crippen LogP contribution in [-0.4, -0.2) is 6.54 Å². The molecule has 0 bridgehead atoms. The molecule has 1 aliphatic rings. The molecule has 0 spiro atoms. The molecule has 1 aliphatic carbocycles. The first-order chi connectivity index (χ1) is 9.42. The highest BCUT2D eigenvalue weighted by atomic mass is 16.5. The first kappa shape index (κ1) is 12.1. The van der Waals surface area contributed by atoms with Gasteiger partial charge in [-0.15, -0.1) is 0 Å². The van der Waals surface area contributed by atoms with Gasteiger partial charge < -0.3 is 10.1 Å². The molecule has 1 fully saturated rings. The van der Waals surface area contributed by atoms with E-state index in [0.29, 0.717) is 6.61 Å². The third-order valence-corrected chi connectivity index (χ3v) is 3.40. The van der Waals surface area contributed by atoms with Gasteiger partial charge in [-0.2, -0.15) is 0 Å². The highest BCUT2D eigenvalue weighted by Crippen LogP contribution is 2.31. The predicted molar refractivity (Wildman–Crippen MR) is 78.4 cm³/mol. The van der Waals surface area contributed by atoms with Crippen LogP contribution < -0.4 is 10.1 Å². The summed E-state index contributed by atoms with van der Waals surface area (Å²) in [6.07, 6.45) is 2.72. The number of hydrogen-bond donors (Lipinski definition) is 1. The van der Waals surface area contributed by atoms with Crippen molar-refractivity contribution in [2.24, 2.45) is 5.92 Å². The Labute approximate surface area is 114 Å². The second-order valence-corrected chi connectivity index (χ2v) is 5.09. The van der Waals surface area contributed by atoms with Crippen LogP contribution >= 0.6 is 0 Å². The predicted octanol–water partition coefficient (Wildman–Crippen LogP) is 4.09. The Morgan fingerprint density at radius 2 is 1.68 bits per heavy atom. The summed E-state index contributed by atoms with van der Waals surface area (Å²) in [5, 5.41) is 3.49. The smallest absolute Gasteiger partial charge is 0.142 e. The Kier molecular flexibility index (Phi) is 3.68. The highest BCUT2D eigenvalue weighted by Gasteiger charge is 2.20. The van der Waals surface area contributed by atoms with E-state index < -0.39 is 0 Å². The number of para-hydroxylation sites is 2. The standard InChI is InChI=1S/C17H19NO/c1-2-6-15(7-3-1)13-19-17-9-5-4-8-16(17)18-12-14-10-11-14/h1-9,14,18H,10-13H2. The first-order valence-corrected chi connectivity index (χ1v) is 6.91. The van der Waals surface area contributed by atoms with Crippen molar-refractivity contribution in [3.63, 3.8) is 0 Å². The van der Waals surface area contributed by atoms with Crippen molar-refractivity contribution in [3.8, 4) is 5.75 Å². The van der Waals surface area contributed by atoms with Gasteiger partial charge in [-0.3, -0.25) is 0 Å². The lowest BCUT2D eigenvalue weighted by molar-refractivity contribution is 0.307. The van der Waals surface area contributed by atoms with Gasteiger partial charge in [0.1, 0.15) is 12.4 Å². The molecule has 0 aromatic heterocycles. The number of nitrogens with one attached hydrogen (secondary N) is 1. The SMILES string of the molecule is c1ccc(COc2ccccc2NCC2CC2)cc1. The van der Waals surface area contributed by atoms with Crippen molar-refractivity contribution in [1.82, 2.24) is 0 Å². The molecule has 2 heteroatoms. The molecule has 0 aliphatic heterocycles. The summed E-state index contributed by atoms with van der Waals surface area (Å²) in [6.45, 7) is 1.68. The molecule has 0 unspecified atom stereocenters. The van der Waals surface area contributed by atoms with Gasteiger partial charge in [0.05, 0.1) is 5.69 Å². The minimum Gasteiger partial charge on any atom is -0.487 e. The second-order valence-electron chi connectivity index (χ2n) is 5.09. The monoisotopic (exact) mass is 253 g/mol. The number of rotatable bonds is 6. The van der Waals surface area contributed by atoms with Crippen molar-refractivity contribution in [1.29, 1.82) is 0 Å². The van der Waals surface area contributed by atoms with E-state index in [1.54, 1.807) is 0 Å². The van der Waals surface area contributed by atoms with Crippen LogP contribution in [0.15, 0.2) is 54.6 Å². The molecule has 2 aromatic rings. The summed E-state index contributed by atoms with van der Waals surface area (Å²) in [6, 6.07) is 18.4. The van der Waals surface area contributed by atoms with Crippen LogP contribution in [0.1, 0.15) is 18.4 Å². The summed E-state index contributed by atoms with van der Waals surface area (Å²) in [4.78, 5) is 0. The van der Waals surface area contributed by atoms with Crippen LogP contribution in [-0.2, 0) is 6.61 Å². The van der Waals surface area contributed by atoms with Crippen LogP contribution in [0.2, 0.25) is 0 Å². The Morgan fingerprint density at radius 1 is 0.947 bits per heavy atom. The van der Waals surface area contributed by atoms with E-state index in [4.69, 9.17) is 4.74 Å². The van der Waals surface area contributed by atoms with Crippen LogP contribution in [0.3, 0.4) is 0 Å². The quantitative estimate of drug-likeness (QED) is 0.837. The molecule has 2 aromatic carbocycles. The van der Waals surface area contributed by atoms with E-state index in [1.807, 2.05) is 36.4 Å². The minimum atomic E-state index is 0.614. The first-order valence-electron chi connectivity index (χ1n) is 6.91. The lowest BCUT2D eigenvalue weighted by atomic mass is 10.2. The minimum absolute atomic E-state index is 0.614. The molecule has 0 heterocycles. The molecule has 0 saturated heterocycles. The molecule has 0 atom stereocenters. The highest BCUT2D eigenvalue weighted by molar-refractivity contribution is 5.56. The fourth-order valence-corrected chi connectivity index (χ4v) is 2.05. The van der Waals surface area contributed by atoms with Gasteiger partial charge in [0, 0.05) is 6.54 Å². The molecular weight excluding hydrogens is 234 g/mol. The third kappa shape index (κ3) is 3.50. The van der Waals surface area contributed by atoms with Gasteiger partial charge in [-0.05, 0) is 36.5 Å². The average molecular weight is 253 g/mol. The normalized spacial score (nSPS) is 14.1. The Morgan fingerprint density at radius 3 is 2.47 bits per heavy atom. The zero-order valence-electron chi connectivity index (χ0n) is 11.0. The van der Waals surface area contributed by atoms with Crippen LogP contribution in [0, 0.1) is 5.92 Å². The lowest BCUT2D eigenvalue weighted by Gasteiger charge is -2.13. The van der Waals surface area contributed by atoms with Gasteiger partial charge >= 0.3 is 0 Å². The van der Waals surface area contributed by atoms with E-state index in [1.165, 1.54) is 18.4 Å². The summed E-state index contributed by atoms with van der Waals surface area (Å²) < 4.78 is 5.91. The molecule has 0 amide bonds. The third-order valence-electron chi connectivity index (χ3n) is 3.40. The number of anilines is 1. The van der Waals surface area contributed by atoms with Gasteiger partial charge in [-0.25, -0.2) is 0 Å². The molecule has 1 N–H and O–H groups in total. The maximum Gasteiger partial charge on any atom is 0.142 e. The molecule has 2 nitrogen and oxygen atoms in total. The van der Waals surface area contributed by atoms with Crippen molar-refractivity contribution >= 4 is 5.69 Å². The van der Waals surface area contributed by atoms with E-state index in [-0.39, 0.29) is 0 Å². The van der Waals surface area contributed by atoms with Crippen molar-refractivity contribution in [2.45, 2.75) is 19.4 Å². The van der Waals surface area contributed by atoms with Crippen molar-refractivity contribution in [3.05, 3.63) is 60.2 Å². The molecule has 98 valence electrons. The number of hydrogen-bond acceptors (Lipinski definition) is 2. The van der Waals surface area contributed by atoms with Crippen molar-refractivity contribution in [2.75, 3.05) is 11.9 Å². The maximum absolute atomic E-state index is 5.91. The van der Waals surface area contributed by atoms with Crippen LogP contribution in [0.5, 0.6) is 5.75 Å². The Bertz CT molecular complexity index is 520. The zero-order valence-corrected chi connectivity index (χ0v) is 11.0. The molecule has 19 heavy (non-hydrogen) atoms. The van der Waals surface area contributed by atoms with Crippen molar-refractivity contribution < 1.29 is 4.74 Å². The lowest BCUT2D eigenvalue weighted by Crippen LogP contribution is -2.05. The van der Waals surface area contributed by atoms with Gasteiger partial charge in [0.15, 0.2) is 0 Å². The maximum atomic E-state index is 5.91. The number of ether oxygens (including phenoxy) is 1. The molecule has 0 radical (unpaired) electrons. The second kappa shape index (κ2) is 5.79.